The third-order valence-corrected chi connectivity index (χ3v) is 12.2. The molecule has 0 aromatic carbocycles. The van der Waals surface area contributed by atoms with Gasteiger partial charge in [-0.2, -0.15) is 0 Å². The van der Waals surface area contributed by atoms with Gasteiger partial charge in [-0.15, -0.1) is 0 Å². The fourth-order valence-corrected chi connectivity index (χ4v) is 9.62. The number of allylic oxidation sites excluding steroid dienone is 4. The SMILES string of the molecule is CCCCC/C=C\C/C=C\CCCCCCCC(=O)O[C@@H]1CC[C@@]2(C)[C@@H](CC[C@@H]3[C@@H]2CC[C@]2(C)[C@@H](O)CC[C@@H]32)C1. The van der Waals surface area contributed by atoms with Gasteiger partial charge in [-0.1, -0.05) is 77.2 Å². The Balaban J connectivity index is 1.06. The lowest BCUT2D eigenvalue weighted by Crippen LogP contribution is -2.54. The summed E-state index contributed by atoms with van der Waals surface area (Å²) >= 11 is 0. The molecule has 0 heterocycles. The maximum Gasteiger partial charge on any atom is 0.306 e. The Morgan fingerprint density at radius 3 is 2.23 bits per heavy atom. The molecule has 40 heavy (non-hydrogen) atoms. The highest BCUT2D eigenvalue weighted by Crippen LogP contribution is 2.66. The fourth-order valence-electron chi connectivity index (χ4n) is 9.62. The summed E-state index contributed by atoms with van der Waals surface area (Å²) in [5.74, 6) is 3.07. The molecule has 3 nitrogen and oxygen atoms in total. The molecule has 8 atom stereocenters. The van der Waals surface area contributed by atoms with Crippen molar-refractivity contribution in [1.82, 2.24) is 0 Å². The molecule has 0 radical (unpaired) electrons. The van der Waals surface area contributed by atoms with Gasteiger partial charge < -0.3 is 9.84 Å². The zero-order valence-electron chi connectivity index (χ0n) is 26.4. The van der Waals surface area contributed by atoms with E-state index >= 15 is 0 Å². The van der Waals surface area contributed by atoms with Crippen molar-refractivity contribution >= 4 is 5.97 Å². The second kappa shape index (κ2) is 15.4. The molecule has 0 aromatic rings. The maximum absolute atomic E-state index is 12.6. The first kappa shape index (κ1) is 31.8. The van der Waals surface area contributed by atoms with Crippen LogP contribution in [0.15, 0.2) is 24.3 Å². The lowest BCUT2D eigenvalue weighted by Gasteiger charge is -2.60. The highest BCUT2D eigenvalue weighted by atomic mass is 16.5. The van der Waals surface area contributed by atoms with E-state index in [0.29, 0.717) is 17.8 Å². The van der Waals surface area contributed by atoms with Crippen LogP contribution >= 0.6 is 0 Å². The third-order valence-electron chi connectivity index (χ3n) is 12.2. The minimum atomic E-state index is -0.0846. The van der Waals surface area contributed by atoms with E-state index in [1.165, 1.54) is 89.9 Å². The molecule has 0 aromatic heterocycles. The largest absolute Gasteiger partial charge is 0.462 e. The van der Waals surface area contributed by atoms with Crippen molar-refractivity contribution in [2.75, 3.05) is 0 Å². The molecule has 0 amide bonds. The van der Waals surface area contributed by atoms with E-state index in [9.17, 15) is 9.90 Å². The lowest BCUT2D eigenvalue weighted by molar-refractivity contribution is -0.163. The van der Waals surface area contributed by atoms with Crippen LogP contribution in [0, 0.1) is 34.5 Å². The first-order valence-electron chi connectivity index (χ1n) is 17.6. The number of carbonyl (C=O) groups excluding carboxylic acids is 1. The van der Waals surface area contributed by atoms with Crippen LogP contribution in [0.3, 0.4) is 0 Å². The van der Waals surface area contributed by atoms with Crippen molar-refractivity contribution in [3.05, 3.63) is 24.3 Å². The van der Waals surface area contributed by atoms with E-state index in [-0.39, 0.29) is 23.6 Å². The Kier molecular flexibility index (Phi) is 12.3. The van der Waals surface area contributed by atoms with Crippen LogP contribution < -0.4 is 0 Å². The van der Waals surface area contributed by atoms with Gasteiger partial charge in [0.2, 0.25) is 0 Å². The predicted octanol–water partition coefficient (Wildman–Crippen LogP) is 10.1. The van der Waals surface area contributed by atoms with Crippen molar-refractivity contribution in [3.63, 3.8) is 0 Å². The topological polar surface area (TPSA) is 46.5 Å². The van der Waals surface area contributed by atoms with E-state index in [2.05, 4.69) is 45.1 Å². The molecule has 4 saturated carbocycles. The minimum absolute atomic E-state index is 0.0429. The zero-order chi connectivity index (χ0) is 28.4. The van der Waals surface area contributed by atoms with Crippen LogP contribution in [0.5, 0.6) is 0 Å². The molecule has 4 fully saturated rings. The molecule has 0 spiro atoms. The van der Waals surface area contributed by atoms with Crippen LogP contribution in [-0.4, -0.2) is 23.3 Å². The molecule has 0 unspecified atom stereocenters. The smallest absolute Gasteiger partial charge is 0.306 e. The lowest BCUT2D eigenvalue weighted by atomic mass is 9.45. The van der Waals surface area contributed by atoms with Crippen LogP contribution in [0.25, 0.3) is 0 Å². The van der Waals surface area contributed by atoms with Crippen LogP contribution in [-0.2, 0) is 9.53 Å². The van der Waals surface area contributed by atoms with Gasteiger partial charge in [-0.05, 0) is 131 Å². The van der Waals surface area contributed by atoms with Crippen molar-refractivity contribution < 1.29 is 14.6 Å². The summed E-state index contributed by atoms with van der Waals surface area (Å²) in [6, 6.07) is 0. The number of hydrogen-bond donors (Lipinski definition) is 1. The molecule has 3 heteroatoms. The van der Waals surface area contributed by atoms with Crippen LogP contribution in [0.1, 0.15) is 156 Å². The molecular formula is C37H62O3. The van der Waals surface area contributed by atoms with Gasteiger partial charge in [0.15, 0.2) is 0 Å². The summed E-state index contributed by atoms with van der Waals surface area (Å²) in [6.45, 7) is 7.21. The van der Waals surface area contributed by atoms with Crippen molar-refractivity contribution in [2.45, 2.75) is 168 Å². The Labute approximate surface area is 247 Å². The quantitative estimate of drug-likeness (QED) is 0.124. The van der Waals surface area contributed by atoms with Gasteiger partial charge in [0.25, 0.3) is 0 Å². The standard InChI is InChI=1S/C37H62O3/c1-4-5-6-7-8-9-10-11-12-13-14-15-16-17-18-19-35(39)40-30-24-26-36(2)29(28-30)20-21-31-32-22-23-34(38)37(32,3)27-25-33(31)36/h8-9,11-12,29-34,38H,4-7,10,13-28H2,1-3H3/b9-8-,12-11-/t29-,30+,31-,32-,33-,34-,36-,37-/m0/s1. The summed E-state index contributed by atoms with van der Waals surface area (Å²) in [7, 11) is 0. The average molecular weight is 555 g/mol. The van der Waals surface area contributed by atoms with Gasteiger partial charge in [0, 0.05) is 6.42 Å². The first-order chi connectivity index (χ1) is 19.4. The number of aliphatic hydroxyl groups is 1. The number of esters is 1. The molecule has 4 aliphatic carbocycles. The predicted molar refractivity (Wildman–Crippen MR) is 167 cm³/mol. The highest BCUT2D eigenvalue weighted by Gasteiger charge is 2.60. The van der Waals surface area contributed by atoms with Gasteiger partial charge in [0.05, 0.1) is 6.10 Å². The van der Waals surface area contributed by atoms with E-state index < -0.39 is 0 Å². The minimum Gasteiger partial charge on any atom is -0.462 e. The van der Waals surface area contributed by atoms with Gasteiger partial charge in [-0.3, -0.25) is 4.79 Å². The highest BCUT2D eigenvalue weighted by molar-refractivity contribution is 5.69. The number of fused-ring (bicyclic) bond motifs is 5. The second-order valence-corrected chi connectivity index (χ2v) is 14.7. The molecular weight excluding hydrogens is 492 g/mol. The van der Waals surface area contributed by atoms with E-state index in [4.69, 9.17) is 4.74 Å². The van der Waals surface area contributed by atoms with Crippen molar-refractivity contribution in [1.29, 1.82) is 0 Å². The summed E-state index contributed by atoms with van der Waals surface area (Å²) < 4.78 is 6.05. The Morgan fingerprint density at radius 1 is 0.775 bits per heavy atom. The second-order valence-electron chi connectivity index (χ2n) is 14.7. The molecule has 4 rings (SSSR count). The van der Waals surface area contributed by atoms with Crippen LogP contribution in [0.4, 0.5) is 0 Å². The monoisotopic (exact) mass is 554 g/mol. The number of ether oxygens (including phenoxy) is 1. The maximum atomic E-state index is 12.6. The number of hydrogen-bond acceptors (Lipinski definition) is 3. The van der Waals surface area contributed by atoms with Gasteiger partial charge in [0.1, 0.15) is 6.10 Å². The fraction of sp³-hybridized carbons (Fsp3) is 0.865. The Morgan fingerprint density at radius 2 is 1.45 bits per heavy atom. The van der Waals surface area contributed by atoms with E-state index in [1.54, 1.807) is 0 Å². The van der Waals surface area contributed by atoms with Gasteiger partial charge >= 0.3 is 5.97 Å². The molecule has 228 valence electrons. The van der Waals surface area contributed by atoms with E-state index in [1.807, 2.05) is 0 Å². The number of unbranched alkanes of at least 4 members (excludes halogenated alkanes) is 8. The summed E-state index contributed by atoms with van der Waals surface area (Å²) in [4.78, 5) is 12.6. The van der Waals surface area contributed by atoms with Crippen molar-refractivity contribution in [3.8, 4) is 0 Å². The average Bonchev–Trinajstić information content (AvgIpc) is 3.25. The normalized spacial score (nSPS) is 37.4. The summed E-state index contributed by atoms with van der Waals surface area (Å²) in [5, 5.41) is 10.7. The van der Waals surface area contributed by atoms with Crippen molar-refractivity contribution in [2.24, 2.45) is 34.5 Å². The molecule has 4 aliphatic rings. The number of rotatable bonds is 15. The molecule has 1 N–H and O–H groups in total. The zero-order valence-corrected chi connectivity index (χ0v) is 26.4. The summed E-state index contributed by atoms with van der Waals surface area (Å²) in [6.07, 6.45) is 33.9. The Bertz CT molecular complexity index is 831. The molecule has 0 bridgehead atoms. The van der Waals surface area contributed by atoms with Crippen LogP contribution in [0.2, 0.25) is 0 Å². The number of aliphatic hydroxyl groups excluding tert-OH is 1. The van der Waals surface area contributed by atoms with E-state index in [0.717, 1.165) is 56.3 Å². The molecule has 0 aliphatic heterocycles. The van der Waals surface area contributed by atoms with Gasteiger partial charge in [-0.25, -0.2) is 0 Å². The Hall–Kier alpha value is -1.09. The first-order valence-corrected chi connectivity index (χ1v) is 17.6. The number of carbonyl (C=O) groups is 1. The third kappa shape index (κ3) is 7.84. The summed E-state index contributed by atoms with van der Waals surface area (Å²) in [5.41, 5.74) is 0.569. The molecule has 0 saturated heterocycles.